The van der Waals surface area contributed by atoms with Gasteiger partial charge < -0.3 is 9.30 Å². The predicted octanol–water partition coefficient (Wildman–Crippen LogP) is 2.17. The van der Waals surface area contributed by atoms with Crippen molar-refractivity contribution in [2.24, 2.45) is 0 Å². The van der Waals surface area contributed by atoms with E-state index in [1.165, 1.54) is 19.2 Å². The number of nitro groups is 1. The summed E-state index contributed by atoms with van der Waals surface area (Å²) in [6.07, 6.45) is 3.56. The summed E-state index contributed by atoms with van der Waals surface area (Å²) >= 11 is 0. The molecule has 18 heavy (non-hydrogen) atoms. The molecule has 1 aromatic carbocycles. The van der Waals surface area contributed by atoms with Gasteiger partial charge in [0.1, 0.15) is 5.56 Å². The van der Waals surface area contributed by atoms with Gasteiger partial charge in [0.05, 0.1) is 12.0 Å². The van der Waals surface area contributed by atoms with Crippen LogP contribution in [0.2, 0.25) is 0 Å². The minimum atomic E-state index is -0.726. The summed E-state index contributed by atoms with van der Waals surface area (Å²) in [5.41, 5.74) is 0.331. The molecule has 0 aliphatic rings. The number of nitro benzene ring substituents is 1. The zero-order chi connectivity index (χ0) is 13.1. The highest BCUT2D eigenvalue weighted by molar-refractivity contribution is 5.94. The number of esters is 1. The molecule has 0 bridgehead atoms. The van der Waals surface area contributed by atoms with Crippen LogP contribution < -0.4 is 0 Å². The summed E-state index contributed by atoms with van der Waals surface area (Å²) in [6, 6.07) is 7.94. The van der Waals surface area contributed by atoms with Crippen molar-refractivity contribution in [3.8, 4) is 5.69 Å². The Morgan fingerprint density at radius 3 is 2.56 bits per heavy atom. The van der Waals surface area contributed by atoms with Gasteiger partial charge in [-0.05, 0) is 24.3 Å². The number of hydrogen-bond acceptors (Lipinski definition) is 4. The van der Waals surface area contributed by atoms with E-state index in [1.54, 1.807) is 23.0 Å². The fourth-order valence-corrected chi connectivity index (χ4v) is 1.62. The molecule has 6 heteroatoms. The smallest absolute Gasteiger partial charge is 0.344 e. The van der Waals surface area contributed by atoms with E-state index in [0.717, 1.165) is 0 Å². The first-order chi connectivity index (χ1) is 8.63. The van der Waals surface area contributed by atoms with Crippen LogP contribution in [0.25, 0.3) is 5.69 Å². The summed E-state index contributed by atoms with van der Waals surface area (Å²) in [5.74, 6) is -0.726. The lowest BCUT2D eigenvalue weighted by Crippen LogP contribution is -2.06. The molecule has 0 atom stereocenters. The number of benzene rings is 1. The van der Waals surface area contributed by atoms with Crippen molar-refractivity contribution in [3.63, 3.8) is 0 Å². The molecule has 0 amide bonds. The van der Waals surface area contributed by atoms with Crippen LogP contribution in [-0.4, -0.2) is 22.6 Å². The topological polar surface area (TPSA) is 74.4 Å². The van der Waals surface area contributed by atoms with Gasteiger partial charge in [-0.1, -0.05) is 0 Å². The molecule has 0 radical (unpaired) electrons. The van der Waals surface area contributed by atoms with Crippen LogP contribution in [0.5, 0.6) is 0 Å². The summed E-state index contributed by atoms with van der Waals surface area (Å²) in [5, 5.41) is 10.8. The van der Waals surface area contributed by atoms with Crippen LogP contribution in [0.1, 0.15) is 10.4 Å². The minimum absolute atomic E-state index is 0.0614. The van der Waals surface area contributed by atoms with Gasteiger partial charge in [-0.15, -0.1) is 0 Å². The second-order valence-electron chi connectivity index (χ2n) is 3.54. The Hall–Kier alpha value is -2.63. The molecule has 0 spiro atoms. The fourth-order valence-electron chi connectivity index (χ4n) is 1.62. The summed E-state index contributed by atoms with van der Waals surface area (Å²) in [4.78, 5) is 21.8. The molecular formula is C12H10N2O4. The number of hydrogen-bond donors (Lipinski definition) is 0. The Bertz CT molecular complexity index is 590. The number of carbonyl (C=O) groups excluding carboxylic acids is 1. The molecule has 1 aromatic heterocycles. The van der Waals surface area contributed by atoms with E-state index in [-0.39, 0.29) is 11.3 Å². The second kappa shape index (κ2) is 4.70. The number of rotatable bonds is 3. The Kier molecular flexibility index (Phi) is 3.09. The van der Waals surface area contributed by atoms with E-state index in [2.05, 4.69) is 4.74 Å². The van der Waals surface area contributed by atoms with Gasteiger partial charge in [0.2, 0.25) is 0 Å². The molecule has 0 N–H and O–H groups in total. The second-order valence-corrected chi connectivity index (χ2v) is 3.54. The number of nitrogens with zero attached hydrogens (tertiary/aromatic N) is 2. The molecular weight excluding hydrogens is 236 g/mol. The highest BCUT2D eigenvalue weighted by Crippen LogP contribution is 2.22. The van der Waals surface area contributed by atoms with Crippen molar-refractivity contribution in [2.45, 2.75) is 0 Å². The fraction of sp³-hybridized carbons (Fsp3) is 0.0833. The normalized spacial score (nSPS) is 10.1. The number of aromatic nitrogens is 1. The number of carbonyl (C=O) groups is 1. The molecule has 0 saturated carbocycles. The molecule has 0 aliphatic carbocycles. The minimum Gasteiger partial charge on any atom is -0.465 e. The molecule has 0 aliphatic heterocycles. The third-order valence-electron chi connectivity index (χ3n) is 2.48. The summed E-state index contributed by atoms with van der Waals surface area (Å²) in [6.45, 7) is 0. The molecule has 1 heterocycles. The van der Waals surface area contributed by atoms with Gasteiger partial charge in [-0.25, -0.2) is 4.79 Å². The van der Waals surface area contributed by atoms with Crippen molar-refractivity contribution < 1.29 is 14.5 Å². The predicted molar refractivity (Wildman–Crippen MR) is 63.8 cm³/mol. The van der Waals surface area contributed by atoms with Crippen molar-refractivity contribution in [1.82, 2.24) is 4.57 Å². The van der Waals surface area contributed by atoms with Crippen LogP contribution >= 0.6 is 0 Å². The SMILES string of the molecule is COC(=O)c1cc(-n2cccc2)ccc1[N+](=O)[O-]. The molecule has 2 rings (SSSR count). The molecule has 2 aromatic rings. The van der Waals surface area contributed by atoms with Gasteiger partial charge in [0.25, 0.3) is 5.69 Å². The van der Waals surface area contributed by atoms with E-state index in [0.29, 0.717) is 5.69 Å². The third kappa shape index (κ3) is 2.08. The van der Waals surface area contributed by atoms with Gasteiger partial charge in [0.15, 0.2) is 0 Å². The Balaban J connectivity index is 2.55. The van der Waals surface area contributed by atoms with Crippen molar-refractivity contribution in [2.75, 3.05) is 7.11 Å². The average molecular weight is 246 g/mol. The quantitative estimate of drug-likeness (QED) is 0.472. The number of ether oxygens (including phenoxy) is 1. The average Bonchev–Trinajstić information content (AvgIpc) is 2.90. The Morgan fingerprint density at radius 2 is 2.00 bits per heavy atom. The maximum absolute atomic E-state index is 11.5. The summed E-state index contributed by atoms with van der Waals surface area (Å²) < 4.78 is 6.29. The van der Waals surface area contributed by atoms with Gasteiger partial charge in [-0.3, -0.25) is 10.1 Å². The largest absolute Gasteiger partial charge is 0.465 e. The van der Waals surface area contributed by atoms with E-state index in [4.69, 9.17) is 0 Å². The van der Waals surface area contributed by atoms with Crippen molar-refractivity contribution in [3.05, 3.63) is 58.4 Å². The third-order valence-corrected chi connectivity index (χ3v) is 2.48. The zero-order valence-electron chi connectivity index (χ0n) is 9.57. The van der Waals surface area contributed by atoms with E-state index in [1.807, 2.05) is 12.1 Å². The van der Waals surface area contributed by atoms with Crippen LogP contribution in [-0.2, 0) is 4.74 Å². The van der Waals surface area contributed by atoms with Crippen LogP contribution in [0.15, 0.2) is 42.7 Å². The van der Waals surface area contributed by atoms with Crippen molar-refractivity contribution in [1.29, 1.82) is 0 Å². The Morgan fingerprint density at radius 1 is 1.33 bits per heavy atom. The zero-order valence-corrected chi connectivity index (χ0v) is 9.57. The van der Waals surface area contributed by atoms with Crippen LogP contribution in [0.4, 0.5) is 5.69 Å². The highest BCUT2D eigenvalue weighted by Gasteiger charge is 2.21. The monoisotopic (exact) mass is 246 g/mol. The van der Waals surface area contributed by atoms with Crippen LogP contribution in [0, 0.1) is 10.1 Å². The van der Waals surface area contributed by atoms with Crippen LogP contribution in [0.3, 0.4) is 0 Å². The van der Waals surface area contributed by atoms with E-state index >= 15 is 0 Å². The highest BCUT2D eigenvalue weighted by atomic mass is 16.6. The molecule has 0 fully saturated rings. The standard InChI is InChI=1S/C12H10N2O4/c1-18-12(15)10-8-9(13-6-2-3-7-13)4-5-11(10)14(16)17/h2-8H,1H3. The molecule has 0 unspecified atom stereocenters. The lowest BCUT2D eigenvalue weighted by Gasteiger charge is -2.06. The van der Waals surface area contributed by atoms with E-state index in [9.17, 15) is 14.9 Å². The first-order valence-corrected chi connectivity index (χ1v) is 5.13. The molecule has 6 nitrogen and oxygen atoms in total. The lowest BCUT2D eigenvalue weighted by molar-refractivity contribution is -0.385. The van der Waals surface area contributed by atoms with Gasteiger partial charge >= 0.3 is 5.97 Å². The lowest BCUT2D eigenvalue weighted by atomic mass is 10.1. The summed E-state index contributed by atoms with van der Waals surface area (Å²) in [7, 11) is 1.19. The maximum atomic E-state index is 11.5. The van der Waals surface area contributed by atoms with Gasteiger partial charge in [0, 0.05) is 24.1 Å². The van der Waals surface area contributed by atoms with Crippen molar-refractivity contribution >= 4 is 11.7 Å². The molecule has 0 saturated heterocycles. The Labute approximate surface area is 103 Å². The number of methoxy groups -OCH3 is 1. The van der Waals surface area contributed by atoms with E-state index < -0.39 is 10.9 Å². The molecule has 92 valence electrons. The van der Waals surface area contributed by atoms with Gasteiger partial charge in [-0.2, -0.15) is 0 Å². The first kappa shape index (κ1) is 11.8. The first-order valence-electron chi connectivity index (χ1n) is 5.13. The maximum Gasteiger partial charge on any atom is 0.344 e.